The van der Waals surface area contributed by atoms with E-state index < -0.39 is 0 Å². The third-order valence-corrected chi connectivity index (χ3v) is 3.04. The minimum Gasteiger partial charge on any atom is -0.494 e. The Morgan fingerprint density at radius 2 is 2.15 bits per heavy atom. The summed E-state index contributed by atoms with van der Waals surface area (Å²) in [5.74, 6) is -0.0880. The van der Waals surface area contributed by atoms with Crippen LogP contribution in [0.15, 0.2) is 30.5 Å². The van der Waals surface area contributed by atoms with Crippen molar-refractivity contribution in [3.63, 3.8) is 0 Å². The first kappa shape index (κ1) is 14.5. The Hall–Kier alpha value is -1.88. The topological polar surface area (TPSA) is 39.1 Å². The molecule has 1 aromatic carbocycles. The molecule has 0 aliphatic carbocycles. The van der Waals surface area contributed by atoms with Gasteiger partial charge in [0.2, 0.25) is 0 Å². The molecule has 108 valence electrons. The molecule has 0 atom stereocenters. The maximum absolute atomic E-state index is 13.7. The van der Waals surface area contributed by atoms with Gasteiger partial charge in [-0.1, -0.05) is 19.9 Å². The number of nitrogens with zero attached hydrogens (tertiary/aromatic N) is 2. The number of benzene rings is 1. The Kier molecular flexibility index (Phi) is 4.74. The summed E-state index contributed by atoms with van der Waals surface area (Å²) in [4.78, 5) is 0. The fourth-order valence-electron chi connectivity index (χ4n) is 1.94. The molecular formula is C15H20FN3O. The molecule has 0 aliphatic rings. The van der Waals surface area contributed by atoms with Crippen LogP contribution in [0.1, 0.15) is 25.1 Å². The van der Waals surface area contributed by atoms with Gasteiger partial charge in [0.05, 0.1) is 19.3 Å². The second kappa shape index (κ2) is 6.52. The maximum Gasteiger partial charge on any atom is 0.165 e. The Bertz CT molecular complexity index is 566. The van der Waals surface area contributed by atoms with Crippen LogP contribution in [0, 0.1) is 5.82 Å². The molecular weight excluding hydrogens is 257 g/mol. The highest BCUT2D eigenvalue weighted by Gasteiger charge is 2.07. The first-order valence-corrected chi connectivity index (χ1v) is 6.66. The number of halogens is 1. The van der Waals surface area contributed by atoms with Crippen molar-refractivity contribution >= 4 is 0 Å². The first-order valence-electron chi connectivity index (χ1n) is 6.66. The van der Waals surface area contributed by atoms with Crippen LogP contribution in [0.4, 0.5) is 4.39 Å². The van der Waals surface area contributed by atoms with Gasteiger partial charge in [0, 0.05) is 18.8 Å². The highest BCUT2D eigenvalue weighted by atomic mass is 19.1. The third-order valence-electron chi connectivity index (χ3n) is 3.04. The average molecular weight is 277 g/mol. The second-order valence-electron chi connectivity index (χ2n) is 4.98. The van der Waals surface area contributed by atoms with Gasteiger partial charge in [0.1, 0.15) is 0 Å². The average Bonchev–Trinajstić information content (AvgIpc) is 2.84. The fourth-order valence-corrected chi connectivity index (χ4v) is 1.94. The number of rotatable bonds is 6. The molecule has 1 heterocycles. The van der Waals surface area contributed by atoms with Gasteiger partial charge in [-0.15, -0.1) is 0 Å². The molecule has 1 aromatic heterocycles. The molecule has 0 aliphatic heterocycles. The summed E-state index contributed by atoms with van der Waals surface area (Å²) in [6, 6.07) is 7.36. The predicted octanol–water partition coefficient (Wildman–Crippen LogP) is 2.58. The molecule has 0 amide bonds. The van der Waals surface area contributed by atoms with E-state index in [-0.39, 0.29) is 11.6 Å². The van der Waals surface area contributed by atoms with E-state index in [0.29, 0.717) is 12.6 Å². The summed E-state index contributed by atoms with van der Waals surface area (Å²) in [6.07, 6.45) is 1.76. The summed E-state index contributed by atoms with van der Waals surface area (Å²) in [5, 5.41) is 7.63. The number of aromatic nitrogens is 2. The van der Waals surface area contributed by atoms with Gasteiger partial charge in [-0.25, -0.2) is 4.39 Å². The molecule has 20 heavy (non-hydrogen) atoms. The predicted molar refractivity (Wildman–Crippen MR) is 76.3 cm³/mol. The molecule has 0 saturated carbocycles. The van der Waals surface area contributed by atoms with E-state index in [2.05, 4.69) is 24.3 Å². The maximum atomic E-state index is 13.7. The molecule has 0 bridgehead atoms. The lowest BCUT2D eigenvalue weighted by Crippen LogP contribution is -2.23. The minimum absolute atomic E-state index is 0.260. The largest absolute Gasteiger partial charge is 0.494 e. The zero-order valence-corrected chi connectivity index (χ0v) is 12.1. The van der Waals surface area contributed by atoms with Gasteiger partial charge in [-0.2, -0.15) is 5.10 Å². The van der Waals surface area contributed by atoms with Gasteiger partial charge < -0.3 is 10.1 Å². The SMILES string of the molecule is COc1ccc(Cn2nccc2CNC(C)C)cc1F. The quantitative estimate of drug-likeness (QED) is 0.882. The lowest BCUT2D eigenvalue weighted by atomic mass is 10.2. The standard InChI is InChI=1S/C15H20FN3O/c1-11(2)17-9-13-6-7-18-19(13)10-12-4-5-15(20-3)14(16)8-12/h4-8,11,17H,9-10H2,1-3H3. The van der Waals surface area contributed by atoms with Crippen molar-refractivity contribution in [3.05, 3.63) is 47.5 Å². The molecule has 0 fully saturated rings. The van der Waals surface area contributed by atoms with Crippen LogP contribution in [0.3, 0.4) is 0 Å². The third kappa shape index (κ3) is 3.57. The lowest BCUT2D eigenvalue weighted by Gasteiger charge is -2.11. The van der Waals surface area contributed by atoms with Crippen LogP contribution < -0.4 is 10.1 Å². The Balaban J connectivity index is 2.10. The highest BCUT2D eigenvalue weighted by molar-refractivity contribution is 5.29. The van der Waals surface area contributed by atoms with Crippen molar-refractivity contribution < 1.29 is 9.13 Å². The second-order valence-corrected chi connectivity index (χ2v) is 4.98. The Morgan fingerprint density at radius 1 is 1.35 bits per heavy atom. The number of hydrogen-bond donors (Lipinski definition) is 1. The molecule has 1 N–H and O–H groups in total. The van der Waals surface area contributed by atoms with Crippen molar-refractivity contribution in [3.8, 4) is 5.75 Å². The van der Waals surface area contributed by atoms with E-state index in [1.165, 1.54) is 13.2 Å². The van der Waals surface area contributed by atoms with E-state index in [0.717, 1.165) is 17.8 Å². The summed E-state index contributed by atoms with van der Waals surface area (Å²) in [6.45, 7) is 5.48. The van der Waals surface area contributed by atoms with Crippen LogP contribution in [-0.2, 0) is 13.1 Å². The minimum atomic E-state index is -0.348. The summed E-state index contributed by atoms with van der Waals surface area (Å²) >= 11 is 0. The number of hydrogen-bond acceptors (Lipinski definition) is 3. The van der Waals surface area contributed by atoms with E-state index >= 15 is 0 Å². The smallest absolute Gasteiger partial charge is 0.165 e. The van der Waals surface area contributed by atoms with Gasteiger partial charge in [-0.05, 0) is 23.8 Å². The van der Waals surface area contributed by atoms with E-state index in [4.69, 9.17) is 4.74 Å². The summed E-state index contributed by atoms with van der Waals surface area (Å²) in [5.41, 5.74) is 1.94. The lowest BCUT2D eigenvalue weighted by molar-refractivity contribution is 0.386. The zero-order valence-electron chi connectivity index (χ0n) is 12.1. The van der Waals surface area contributed by atoms with Crippen molar-refractivity contribution in [1.29, 1.82) is 0 Å². The van der Waals surface area contributed by atoms with Crippen LogP contribution in [0.2, 0.25) is 0 Å². The molecule has 4 nitrogen and oxygen atoms in total. The van der Waals surface area contributed by atoms with E-state index in [9.17, 15) is 4.39 Å². The molecule has 0 spiro atoms. The molecule has 0 radical (unpaired) electrons. The van der Waals surface area contributed by atoms with Gasteiger partial charge in [0.25, 0.3) is 0 Å². The van der Waals surface area contributed by atoms with Gasteiger partial charge >= 0.3 is 0 Å². The van der Waals surface area contributed by atoms with Gasteiger partial charge in [-0.3, -0.25) is 4.68 Å². The Labute approximate surface area is 118 Å². The molecule has 5 heteroatoms. The summed E-state index contributed by atoms with van der Waals surface area (Å²) < 4.78 is 20.5. The van der Waals surface area contributed by atoms with Gasteiger partial charge in [0.15, 0.2) is 11.6 Å². The first-order chi connectivity index (χ1) is 9.60. The molecule has 2 rings (SSSR count). The molecule has 2 aromatic rings. The van der Waals surface area contributed by atoms with Crippen LogP contribution in [-0.4, -0.2) is 22.9 Å². The monoisotopic (exact) mass is 277 g/mol. The van der Waals surface area contributed by atoms with E-state index in [1.807, 2.05) is 16.8 Å². The van der Waals surface area contributed by atoms with Crippen LogP contribution in [0.25, 0.3) is 0 Å². The van der Waals surface area contributed by atoms with Crippen molar-refractivity contribution in [2.24, 2.45) is 0 Å². The zero-order chi connectivity index (χ0) is 14.5. The Morgan fingerprint density at radius 3 is 2.80 bits per heavy atom. The molecule has 0 unspecified atom stereocenters. The van der Waals surface area contributed by atoms with Crippen molar-refractivity contribution in [2.75, 3.05) is 7.11 Å². The van der Waals surface area contributed by atoms with Crippen molar-refractivity contribution in [2.45, 2.75) is 33.0 Å². The number of nitrogens with one attached hydrogen (secondary N) is 1. The normalized spacial score (nSPS) is 11.1. The van der Waals surface area contributed by atoms with E-state index in [1.54, 1.807) is 12.3 Å². The highest BCUT2D eigenvalue weighted by Crippen LogP contribution is 2.18. The number of methoxy groups -OCH3 is 1. The fraction of sp³-hybridized carbons (Fsp3) is 0.400. The molecule has 0 saturated heterocycles. The number of ether oxygens (including phenoxy) is 1. The van der Waals surface area contributed by atoms with Crippen LogP contribution in [0.5, 0.6) is 5.75 Å². The summed E-state index contributed by atoms with van der Waals surface area (Å²) in [7, 11) is 1.46. The van der Waals surface area contributed by atoms with Crippen molar-refractivity contribution in [1.82, 2.24) is 15.1 Å². The van der Waals surface area contributed by atoms with Crippen LogP contribution >= 0.6 is 0 Å².